The molecule has 1 atom stereocenters. The summed E-state index contributed by atoms with van der Waals surface area (Å²) in [4.78, 5) is 0. The van der Waals surface area contributed by atoms with Gasteiger partial charge in [-0.15, -0.1) is 0 Å². The first-order valence-electron chi connectivity index (χ1n) is 5.09. The van der Waals surface area contributed by atoms with Crippen LogP contribution in [0.2, 0.25) is 0 Å². The number of hydrogen-bond donors (Lipinski definition) is 0. The Bertz CT molecular complexity index is 245. The predicted octanol–water partition coefficient (Wildman–Crippen LogP) is 3.84. The monoisotopic (exact) mass is 162 g/mol. The molecule has 0 bridgehead atoms. The lowest BCUT2D eigenvalue weighted by Crippen LogP contribution is -2.24. The molecule has 0 saturated heterocycles. The molecule has 0 radical (unpaired) electrons. The van der Waals surface area contributed by atoms with Gasteiger partial charge in [0.2, 0.25) is 0 Å². The van der Waals surface area contributed by atoms with Crippen LogP contribution in [0.5, 0.6) is 0 Å². The van der Waals surface area contributed by atoms with E-state index in [-0.39, 0.29) is 0 Å². The van der Waals surface area contributed by atoms with Crippen LogP contribution < -0.4 is 0 Å². The second-order valence-electron chi connectivity index (χ2n) is 4.55. The third-order valence-electron chi connectivity index (χ3n) is 3.54. The number of fused-ring (bicyclic) bond motifs is 1. The van der Waals surface area contributed by atoms with Crippen molar-refractivity contribution in [2.45, 2.75) is 46.0 Å². The van der Waals surface area contributed by atoms with Crippen LogP contribution in [0, 0.1) is 5.41 Å². The van der Waals surface area contributed by atoms with Gasteiger partial charge in [-0.2, -0.15) is 0 Å². The molecule has 0 aromatic heterocycles. The largest absolute Gasteiger partial charge is 0.0842 e. The highest BCUT2D eigenvalue weighted by molar-refractivity contribution is 5.35. The molecule has 0 aliphatic heterocycles. The van der Waals surface area contributed by atoms with E-state index in [1.807, 2.05) is 0 Å². The first-order valence-corrected chi connectivity index (χ1v) is 5.09. The summed E-state index contributed by atoms with van der Waals surface area (Å²) in [6.07, 6.45) is 11.5. The Morgan fingerprint density at radius 2 is 2.17 bits per heavy atom. The smallest absolute Gasteiger partial charge is 0.00729 e. The average molecular weight is 162 g/mol. The van der Waals surface area contributed by atoms with Gasteiger partial charge < -0.3 is 0 Å². The molecule has 0 saturated carbocycles. The zero-order valence-corrected chi connectivity index (χ0v) is 8.19. The second-order valence-corrected chi connectivity index (χ2v) is 4.55. The number of allylic oxidation sites excluding steroid dienone is 4. The van der Waals surface area contributed by atoms with Crippen LogP contribution in [-0.4, -0.2) is 0 Å². The van der Waals surface area contributed by atoms with Gasteiger partial charge in [-0.25, -0.2) is 0 Å². The van der Waals surface area contributed by atoms with Gasteiger partial charge >= 0.3 is 0 Å². The van der Waals surface area contributed by atoms with Crippen molar-refractivity contribution in [3.05, 3.63) is 23.3 Å². The van der Waals surface area contributed by atoms with Crippen LogP contribution in [0.25, 0.3) is 0 Å². The minimum atomic E-state index is 0.539. The molecular weight excluding hydrogens is 144 g/mol. The fourth-order valence-corrected chi connectivity index (χ4v) is 2.73. The van der Waals surface area contributed by atoms with Crippen molar-refractivity contribution in [2.24, 2.45) is 5.41 Å². The zero-order valence-electron chi connectivity index (χ0n) is 8.19. The van der Waals surface area contributed by atoms with Crippen LogP contribution >= 0.6 is 0 Å². The predicted molar refractivity (Wildman–Crippen MR) is 53.0 cm³/mol. The molecule has 2 rings (SSSR count). The normalized spacial score (nSPS) is 35.2. The molecule has 2 aliphatic rings. The average Bonchev–Trinajstić information content (AvgIpc) is 2.04. The number of rotatable bonds is 0. The van der Waals surface area contributed by atoms with Gasteiger partial charge in [0.1, 0.15) is 0 Å². The molecule has 0 fully saturated rings. The topological polar surface area (TPSA) is 0 Å². The van der Waals surface area contributed by atoms with Gasteiger partial charge in [-0.1, -0.05) is 24.6 Å². The van der Waals surface area contributed by atoms with Crippen molar-refractivity contribution in [3.63, 3.8) is 0 Å². The van der Waals surface area contributed by atoms with E-state index in [4.69, 9.17) is 0 Å². The van der Waals surface area contributed by atoms with E-state index in [0.29, 0.717) is 5.41 Å². The first-order chi connectivity index (χ1) is 5.72. The lowest BCUT2D eigenvalue weighted by molar-refractivity contribution is 0.309. The summed E-state index contributed by atoms with van der Waals surface area (Å²) in [5.41, 5.74) is 3.83. The number of hydrogen-bond acceptors (Lipinski definition) is 0. The summed E-state index contributed by atoms with van der Waals surface area (Å²) in [6, 6.07) is 0. The molecule has 0 spiro atoms. The summed E-state index contributed by atoms with van der Waals surface area (Å²) in [6.45, 7) is 4.75. The molecule has 0 heteroatoms. The van der Waals surface area contributed by atoms with E-state index in [0.717, 1.165) is 0 Å². The molecule has 0 nitrogen and oxygen atoms in total. The summed E-state index contributed by atoms with van der Waals surface area (Å²) in [7, 11) is 0. The van der Waals surface area contributed by atoms with Crippen LogP contribution in [0.1, 0.15) is 46.0 Å². The third-order valence-corrected chi connectivity index (χ3v) is 3.54. The van der Waals surface area contributed by atoms with E-state index in [1.165, 1.54) is 32.1 Å². The highest BCUT2D eigenvalue weighted by Gasteiger charge is 2.32. The Labute approximate surface area is 75.4 Å². The zero-order chi connectivity index (χ0) is 8.60. The van der Waals surface area contributed by atoms with Gasteiger partial charge in [-0.05, 0) is 50.0 Å². The van der Waals surface area contributed by atoms with Gasteiger partial charge in [0.15, 0.2) is 0 Å². The first kappa shape index (κ1) is 8.10. The third kappa shape index (κ3) is 1.14. The van der Waals surface area contributed by atoms with Crippen LogP contribution in [-0.2, 0) is 0 Å². The summed E-state index contributed by atoms with van der Waals surface area (Å²) < 4.78 is 0. The summed E-state index contributed by atoms with van der Waals surface area (Å²) in [5.74, 6) is 0. The van der Waals surface area contributed by atoms with Gasteiger partial charge in [0.05, 0.1) is 0 Å². The SMILES string of the molecule is CC1=C2C=CCC[C@@]2(C)CCC1. The fourth-order valence-electron chi connectivity index (χ4n) is 2.73. The highest BCUT2D eigenvalue weighted by atomic mass is 14.4. The van der Waals surface area contributed by atoms with Gasteiger partial charge in [0, 0.05) is 0 Å². The summed E-state index contributed by atoms with van der Waals surface area (Å²) in [5, 5.41) is 0. The van der Waals surface area contributed by atoms with Crippen molar-refractivity contribution >= 4 is 0 Å². The molecule has 0 heterocycles. The van der Waals surface area contributed by atoms with Crippen molar-refractivity contribution in [1.29, 1.82) is 0 Å². The van der Waals surface area contributed by atoms with Crippen molar-refractivity contribution in [1.82, 2.24) is 0 Å². The molecule has 2 aliphatic carbocycles. The Morgan fingerprint density at radius 3 is 2.92 bits per heavy atom. The minimum absolute atomic E-state index is 0.539. The van der Waals surface area contributed by atoms with Gasteiger partial charge in [0.25, 0.3) is 0 Å². The maximum absolute atomic E-state index is 2.44. The van der Waals surface area contributed by atoms with E-state index >= 15 is 0 Å². The molecule has 0 N–H and O–H groups in total. The lowest BCUT2D eigenvalue weighted by atomic mass is 9.67. The lowest BCUT2D eigenvalue weighted by Gasteiger charge is -2.38. The van der Waals surface area contributed by atoms with E-state index in [9.17, 15) is 0 Å². The quantitative estimate of drug-likeness (QED) is 0.507. The minimum Gasteiger partial charge on any atom is -0.0842 e. The molecule has 66 valence electrons. The van der Waals surface area contributed by atoms with Crippen LogP contribution in [0.4, 0.5) is 0 Å². The van der Waals surface area contributed by atoms with Crippen molar-refractivity contribution < 1.29 is 0 Å². The molecule has 12 heavy (non-hydrogen) atoms. The van der Waals surface area contributed by atoms with Gasteiger partial charge in [-0.3, -0.25) is 0 Å². The van der Waals surface area contributed by atoms with Crippen LogP contribution in [0.3, 0.4) is 0 Å². The Kier molecular flexibility index (Phi) is 1.86. The molecule has 0 aromatic rings. The molecular formula is C12H18. The molecule has 0 amide bonds. The van der Waals surface area contributed by atoms with E-state index in [2.05, 4.69) is 26.0 Å². The fraction of sp³-hybridized carbons (Fsp3) is 0.667. The van der Waals surface area contributed by atoms with Crippen LogP contribution in [0.15, 0.2) is 23.3 Å². The Balaban J connectivity index is 2.43. The van der Waals surface area contributed by atoms with E-state index in [1.54, 1.807) is 11.1 Å². The maximum Gasteiger partial charge on any atom is -0.00729 e. The molecule has 0 aromatic carbocycles. The Morgan fingerprint density at radius 1 is 1.33 bits per heavy atom. The molecule has 0 unspecified atom stereocenters. The van der Waals surface area contributed by atoms with Crippen molar-refractivity contribution in [3.8, 4) is 0 Å². The Hall–Kier alpha value is -0.520. The highest BCUT2D eigenvalue weighted by Crippen LogP contribution is 2.46. The summed E-state index contributed by atoms with van der Waals surface area (Å²) >= 11 is 0. The van der Waals surface area contributed by atoms with E-state index < -0.39 is 0 Å². The standard InChI is InChI=1S/C12H18/c1-10-6-5-9-12(2)8-4-3-7-11(10)12/h3,7H,4-6,8-9H2,1-2H3/t12-/m0/s1. The van der Waals surface area contributed by atoms with Crippen molar-refractivity contribution in [2.75, 3.05) is 0 Å². The maximum atomic E-state index is 2.44. The second kappa shape index (κ2) is 2.76.